The quantitative estimate of drug-likeness (QED) is 0.797. The first-order chi connectivity index (χ1) is 8.12. The van der Waals surface area contributed by atoms with Gasteiger partial charge in [-0.25, -0.2) is 0 Å². The molecule has 0 radical (unpaired) electrons. The summed E-state index contributed by atoms with van der Waals surface area (Å²) in [5, 5.41) is 3.53. The van der Waals surface area contributed by atoms with Gasteiger partial charge in [0.1, 0.15) is 0 Å². The predicted molar refractivity (Wildman–Crippen MR) is 71.3 cm³/mol. The lowest BCUT2D eigenvalue weighted by Gasteiger charge is -2.45. The van der Waals surface area contributed by atoms with Crippen molar-refractivity contribution in [2.24, 2.45) is 5.41 Å². The summed E-state index contributed by atoms with van der Waals surface area (Å²) in [5.41, 5.74) is 0.505. The molecule has 2 atom stereocenters. The molecule has 2 rings (SSSR count). The molecule has 0 aromatic rings. The zero-order valence-corrected chi connectivity index (χ0v) is 11.7. The van der Waals surface area contributed by atoms with Crippen LogP contribution in [0.3, 0.4) is 0 Å². The van der Waals surface area contributed by atoms with Crippen LogP contribution < -0.4 is 5.32 Å². The highest BCUT2D eigenvalue weighted by molar-refractivity contribution is 4.94. The molecule has 1 aliphatic heterocycles. The van der Waals surface area contributed by atoms with E-state index in [1.807, 2.05) is 0 Å². The van der Waals surface area contributed by atoms with E-state index in [0.717, 1.165) is 19.8 Å². The van der Waals surface area contributed by atoms with Crippen molar-refractivity contribution in [3.05, 3.63) is 0 Å². The highest BCUT2D eigenvalue weighted by Crippen LogP contribution is 2.37. The molecule has 1 aliphatic carbocycles. The third-order valence-corrected chi connectivity index (χ3v) is 4.45. The van der Waals surface area contributed by atoms with Gasteiger partial charge in [0.25, 0.3) is 0 Å². The molecule has 2 unspecified atom stereocenters. The highest BCUT2D eigenvalue weighted by atomic mass is 16.5. The number of likely N-dealkylation sites (N-methyl/N-ethyl adjacent to an activating group) is 1. The standard InChI is InChI=1S/C14H28N2O/c1-14(2)6-5-12(15-3)13(11-14)16-7-4-9-17-10-8-16/h12-13,15H,4-11H2,1-3H3. The van der Waals surface area contributed by atoms with E-state index in [9.17, 15) is 0 Å². The zero-order chi connectivity index (χ0) is 12.3. The van der Waals surface area contributed by atoms with Crippen LogP contribution in [-0.4, -0.2) is 50.3 Å². The lowest BCUT2D eigenvalue weighted by atomic mass is 9.72. The lowest BCUT2D eigenvalue weighted by molar-refractivity contribution is 0.0628. The van der Waals surface area contributed by atoms with Crippen LogP contribution in [0.4, 0.5) is 0 Å². The maximum Gasteiger partial charge on any atom is 0.0593 e. The van der Waals surface area contributed by atoms with Crippen molar-refractivity contribution in [1.82, 2.24) is 10.2 Å². The summed E-state index contributed by atoms with van der Waals surface area (Å²) in [4.78, 5) is 2.66. The van der Waals surface area contributed by atoms with Gasteiger partial charge in [-0.3, -0.25) is 4.90 Å². The van der Waals surface area contributed by atoms with Crippen LogP contribution in [0.5, 0.6) is 0 Å². The molecule has 1 saturated carbocycles. The van der Waals surface area contributed by atoms with Gasteiger partial charge in [0.2, 0.25) is 0 Å². The van der Waals surface area contributed by atoms with Crippen LogP contribution in [0.1, 0.15) is 39.5 Å². The Bertz CT molecular complexity index is 234. The minimum atomic E-state index is 0.505. The molecular formula is C14H28N2O. The van der Waals surface area contributed by atoms with Crippen LogP contribution >= 0.6 is 0 Å². The molecular weight excluding hydrogens is 212 g/mol. The minimum Gasteiger partial charge on any atom is -0.380 e. The van der Waals surface area contributed by atoms with Gasteiger partial charge >= 0.3 is 0 Å². The third kappa shape index (κ3) is 3.43. The first-order valence-electron chi connectivity index (χ1n) is 7.11. The van der Waals surface area contributed by atoms with Crippen LogP contribution in [0.25, 0.3) is 0 Å². The Morgan fingerprint density at radius 1 is 1.24 bits per heavy atom. The van der Waals surface area contributed by atoms with Gasteiger partial charge in [-0.2, -0.15) is 0 Å². The van der Waals surface area contributed by atoms with E-state index in [1.54, 1.807) is 0 Å². The summed E-state index contributed by atoms with van der Waals surface area (Å²) in [7, 11) is 2.12. The van der Waals surface area contributed by atoms with E-state index in [2.05, 4.69) is 31.1 Å². The Hall–Kier alpha value is -0.120. The van der Waals surface area contributed by atoms with Crippen molar-refractivity contribution >= 4 is 0 Å². The number of nitrogens with one attached hydrogen (secondary N) is 1. The van der Waals surface area contributed by atoms with Crippen LogP contribution in [0.15, 0.2) is 0 Å². The van der Waals surface area contributed by atoms with Gasteiger partial charge < -0.3 is 10.1 Å². The molecule has 1 N–H and O–H groups in total. The molecule has 3 heteroatoms. The van der Waals surface area contributed by atoms with Crippen LogP contribution in [0, 0.1) is 5.41 Å². The molecule has 0 bridgehead atoms. The average molecular weight is 240 g/mol. The highest BCUT2D eigenvalue weighted by Gasteiger charge is 2.37. The van der Waals surface area contributed by atoms with Gasteiger partial charge in [-0.1, -0.05) is 13.8 Å². The normalized spacial score (nSPS) is 35.5. The van der Waals surface area contributed by atoms with E-state index in [-0.39, 0.29) is 0 Å². The molecule has 1 saturated heterocycles. The molecule has 0 aromatic heterocycles. The summed E-state index contributed by atoms with van der Waals surface area (Å²) < 4.78 is 5.57. The van der Waals surface area contributed by atoms with Crippen molar-refractivity contribution in [3.8, 4) is 0 Å². The van der Waals surface area contributed by atoms with Crippen molar-refractivity contribution in [2.45, 2.75) is 51.6 Å². The first kappa shape index (κ1) is 13.3. The van der Waals surface area contributed by atoms with Gasteiger partial charge in [0.05, 0.1) is 6.61 Å². The fourth-order valence-corrected chi connectivity index (χ4v) is 3.37. The largest absolute Gasteiger partial charge is 0.380 e. The summed E-state index contributed by atoms with van der Waals surface area (Å²) in [6.07, 6.45) is 5.16. The maximum absolute atomic E-state index is 5.57. The Morgan fingerprint density at radius 2 is 2.06 bits per heavy atom. The predicted octanol–water partition coefficient (Wildman–Crippen LogP) is 1.88. The second-order valence-corrected chi connectivity index (χ2v) is 6.37. The summed E-state index contributed by atoms with van der Waals surface area (Å²) >= 11 is 0. The molecule has 0 spiro atoms. The smallest absolute Gasteiger partial charge is 0.0593 e. The summed E-state index contributed by atoms with van der Waals surface area (Å²) in [6.45, 7) is 9.00. The topological polar surface area (TPSA) is 24.5 Å². The molecule has 3 nitrogen and oxygen atoms in total. The minimum absolute atomic E-state index is 0.505. The monoisotopic (exact) mass is 240 g/mol. The first-order valence-corrected chi connectivity index (χ1v) is 7.11. The lowest BCUT2D eigenvalue weighted by Crippen LogP contribution is -2.54. The van der Waals surface area contributed by atoms with Crippen molar-refractivity contribution in [1.29, 1.82) is 0 Å². The molecule has 0 amide bonds. The molecule has 100 valence electrons. The molecule has 2 aliphatic rings. The Labute approximate surface area is 106 Å². The SMILES string of the molecule is CNC1CCC(C)(C)CC1N1CCCOCC1. The third-order valence-electron chi connectivity index (χ3n) is 4.45. The van der Waals surface area contributed by atoms with E-state index < -0.39 is 0 Å². The fourth-order valence-electron chi connectivity index (χ4n) is 3.37. The Morgan fingerprint density at radius 3 is 2.82 bits per heavy atom. The van der Waals surface area contributed by atoms with Gasteiger partial charge in [-0.05, 0) is 38.1 Å². The average Bonchev–Trinajstić information content (AvgIpc) is 2.56. The van der Waals surface area contributed by atoms with Crippen LogP contribution in [-0.2, 0) is 4.74 Å². The Balaban J connectivity index is 2.02. The van der Waals surface area contributed by atoms with E-state index in [1.165, 1.54) is 32.2 Å². The fraction of sp³-hybridized carbons (Fsp3) is 1.00. The number of ether oxygens (including phenoxy) is 1. The molecule has 2 fully saturated rings. The van der Waals surface area contributed by atoms with E-state index >= 15 is 0 Å². The van der Waals surface area contributed by atoms with E-state index in [4.69, 9.17) is 4.74 Å². The molecule has 0 aromatic carbocycles. The van der Waals surface area contributed by atoms with Crippen LogP contribution in [0.2, 0.25) is 0 Å². The number of rotatable bonds is 2. The number of nitrogens with zero attached hydrogens (tertiary/aromatic N) is 1. The molecule has 17 heavy (non-hydrogen) atoms. The zero-order valence-electron chi connectivity index (χ0n) is 11.7. The number of hydrogen-bond donors (Lipinski definition) is 1. The second-order valence-electron chi connectivity index (χ2n) is 6.37. The summed E-state index contributed by atoms with van der Waals surface area (Å²) in [6, 6.07) is 1.37. The van der Waals surface area contributed by atoms with Crippen molar-refractivity contribution < 1.29 is 4.74 Å². The summed E-state index contributed by atoms with van der Waals surface area (Å²) in [5.74, 6) is 0. The maximum atomic E-state index is 5.57. The van der Waals surface area contributed by atoms with Gasteiger partial charge in [0, 0.05) is 31.8 Å². The molecule has 1 heterocycles. The van der Waals surface area contributed by atoms with Crippen molar-refractivity contribution in [3.63, 3.8) is 0 Å². The van der Waals surface area contributed by atoms with Gasteiger partial charge in [0.15, 0.2) is 0 Å². The van der Waals surface area contributed by atoms with E-state index in [0.29, 0.717) is 17.5 Å². The Kier molecular flexibility index (Phi) is 4.45. The number of hydrogen-bond acceptors (Lipinski definition) is 3. The second kappa shape index (κ2) is 5.68. The van der Waals surface area contributed by atoms with Gasteiger partial charge in [-0.15, -0.1) is 0 Å². The van der Waals surface area contributed by atoms with Crippen molar-refractivity contribution in [2.75, 3.05) is 33.4 Å².